The molecular formula is C10H20N2O. The SMILES string of the molecule is CCC(CN)CC(=O)NC1CC1C. The fourth-order valence-corrected chi connectivity index (χ4v) is 1.45. The van der Waals surface area contributed by atoms with Gasteiger partial charge in [-0.15, -0.1) is 0 Å². The summed E-state index contributed by atoms with van der Waals surface area (Å²) in [6, 6.07) is 0.447. The van der Waals surface area contributed by atoms with Crippen LogP contribution in [0.2, 0.25) is 0 Å². The van der Waals surface area contributed by atoms with Crippen LogP contribution in [0.15, 0.2) is 0 Å². The normalized spacial score (nSPS) is 28.2. The molecule has 0 bridgehead atoms. The van der Waals surface area contributed by atoms with Gasteiger partial charge in [-0.1, -0.05) is 20.3 Å². The van der Waals surface area contributed by atoms with E-state index in [-0.39, 0.29) is 5.91 Å². The lowest BCUT2D eigenvalue weighted by Gasteiger charge is -2.11. The summed E-state index contributed by atoms with van der Waals surface area (Å²) >= 11 is 0. The quantitative estimate of drug-likeness (QED) is 0.666. The standard InChI is InChI=1S/C10H20N2O/c1-3-8(6-11)5-10(13)12-9-4-7(9)2/h7-9H,3-6,11H2,1-2H3,(H,12,13). The first-order valence-electron chi connectivity index (χ1n) is 5.16. The third-order valence-corrected chi connectivity index (χ3v) is 2.84. The van der Waals surface area contributed by atoms with Crippen LogP contribution in [0.5, 0.6) is 0 Å². The Morgan fingerprint density at radius 1 is 1.69 bits per heavy atom. The highest BCUT2D eigenvalue weighted by Gasteiger charge is 2.33. The van der Waals surface area contributed by atoms with Crippen molar-refractivity contribution in [2.75, 3.05) is 6.54 Å². The molecule has 76 valence electrons. The second-order valence-corrected chi connectivity index (χ2v) is 4.10. The van der Waals surface area contributed by atoms with Gasteiger partial charge in [0.25, 0.3) is 0 Å². The molecule has 3 nitrogen and oxygen atoms in total. The van der Waals surface area contributed by atoms with E-state index in [4.69, 9.17) is 5.73 Å². The van der Waals surface area contributed by atoms with E-state index in [0.717, 1.165) is 12.8 Å². The maximum absolute atomic E-state index is 11.4. The largest absolute Gasteiger partial charge is 0.353 e. The van der Waals surface area contributed by atoms with E-state index in [1.807, 2.05) is 0 Å². The molecule has 3 N–H and O–H groups in total. The molecule has 0 spiro atoms. The van der Waals surface area contributed by atoms with Crippen molar-refractivity contribution in [2.45, 2.75) is 39.2 Å². The van der Waals surface area contributed by atoms with E-state index in [1.54, 1.807) is 0 Å². The summed E-state index contributed by atoms with van der Waals surface area (Å²) in [5, 5.41) is 3.01. The van der Waals surface area contributed by atoms with Crippen molar-refractivity contribution in [2.24, 2.45) is 17.6 Å². The summed E-state index contributed by atoms with van der Waals surface area (Å²) in [7, 11) is 0. The maximum Gasteiger partial charge on any atom is 0.220 e. The smallest absolute Gasteiger partial charge is 0.220 e. The van der Waals surface area contributed by atoms with Crippen LogP contribution in [-0.4, -0.2) is 18.5 Å². The summed E-state index contributed by atoms with van der Waals surface area (Å²) in [6.45, 7) is 4.85. The van der Waals surface area contributed by atoms with Gasteiger partial charge in [0.15, 0.2) is 0 Å². The molecule has 3 heteroatoms. The lowest BCUT2D eigenvalue weighted by atomic mass is 10.0. The number of carbonyl (C=O) groups is 1. The Morgan fingerprint density at radius 2 is 2.31 bits per heavy atom. The molecule has 1 aliphatic rings. The molecule has 3 atom stereocenters. The summed E-state index contributed by atoms with van der Waals surface area (Å²) < 4.78 is 0. The minimum atomic E-state index is 0.173. The first kappa shape index (κ1) is 10.5. The van der Waals surface area contributed by atoms with Crippen LogP contribution in [0.1, 0.15) is 33.1 Å². The molecule has 0 aromatic carbocycles. The van der Waals surface area contributed by atoms with Crippen LogP contribution in [0.25, 0.3) is 0 Å². The number of hydrogen-bond donors (Lipinski definition) is 2. The molecule has 0 radical (unpaired) electrons. The van der Waals surface area contributed by atoms with Gasteiger partial charge in [0, 0.05) is 12.5 Å². The van der Waals surface area contributed by atoms with Gasteiger partial charge in [-0.25, -0.2) is 0 Å². The average molecular weight is 184 g/mol. The zero-order chi connectivity index (χ0) is 9.84. The Morgan fingerprint density at radius 3 is 2.69 bits per heavy atom. The zero-order valence-corrected chi connectivity index (χ0v) is 8.55. The number of amides is 1. The fraction of sp³-hybridized carbons (Fsp3) is 0.900. The lowest BCUT2D eigenvalue weighted by molar-refractivity contribution is -0.122. The first-order chi connectivity index (χ1) is 6.17. The second-order valence-electron chi connectivity index (χ2n) is 4.10. The highest BCUT2D eigenvalue weighted by molar-refractivity contribution is 5.76. The van der Waals surface area contributed by atoms with Gasteiger partial charge in [-0.3, -0.25) is 4.79 Å². The molecule has 0 heterocycles. The van der Waals surface area contributed by atoms with Crippen LogP contribution in [0, 0.1) is 11.8 Å². The van der Waals surface area contributed by atoms with Crippen molar-refractivity contribution in [1.29, 1.82) is 0 Å². The number of carbonyl (C=O) groups excluding carboxylic acids is 1. The van der Waals surface area contributed by atoms with Crippen LogP contribution in [0.4, 0.5) is 0 Å². The molecule has 0 aromatic rings. The third-order valence-electron chi connectivity index (χ3n) is 2.84. The Balaban J connectivity index is 2.16. The monoisotopic (exact) mass is 184 g/mol. The van der Waals surface area contributed by atoms with E-state index in [2.05, 4.69) is 19.2 Å². The highest BCUT2D eigenvalue weighted by Crippen LogP contribution is 2.29. The maximum atomic E-state index is 11.4. The average Bonchev–Trinajstić information content (AvgIpc) is 2.77. The van der Waals surface area contributed by atoms with Crippen molar-refractivity contribution in [3.8, 4) is 0 Å². The predicted octanol–water partition coefficient (Wildman–Crippen LogP) is 0.886. The second kappa shape index (κ2) is 4.61. The molecule has 3 unspecified atom stereocenters. The molecule has 1 aliphatic carbocycles. The minimum absolute atomic E-state index is 0.173. The minimum Gasteiger partial charge on any atom is -0.353 e. The molecular weight excluding hydrogens is 164 g/mol. The van der Waals surface area contributed by atoms with Crippen molar-refractivity contribution in [1.82, 2.24) is 5.32 Å². The number of rotatable bonds is 5. The van der Waals surface area contributed by atoms with E-state index in [9.17, 15) is 4.79 Å². The molecule has 13 heavy (non-hydrogen) atoms. The molecule has 1 fully saturated rings. The van der Waals surface area contributed by atoms with Gasteiger partial charge >= 0.3 is 0 Å². The van der Waals surface area contributed by atoms with Gasteiger partial charge in [0.1, 0.15) is 0 Å². The Kier molecular flexibility index (Phi) is 3.72. The van der Waals surface area contributed by atoms with Crippen molar-refractivity contribution >= 4 is 5.91 Å². The fourth-order valence-electron chi connectivity index (χ4n) is 1.45. The van der Waals surface area contributed by atoms with Crippen molar-refractivity contribution < 1.29 is 4.79 Å². The van der Waals surface area contributed by atoms with Crippen molar-refractivity contribution in [3.63, 3.8) is 0 Å². The Hall–Kier alpha value is -0.570. The molecule has 1 rings (SSSR count). The summed E-state index contributed by atoms with van der Waals surface area (Å²) in [5.74, 6) is 1.21. The lowest BCUT2D eigenvalue weighted by Crippen LogP contribution is -2.30. The highest BCUT2D eigenvalue weighted by atomic mass is 16.1. The van der Waals surface area contributed by atoms with E-state index in [0.29, 0.717) is 30.8 Å². The summed E-state index contributed by atoms with van der Waals surface area (Å²) in [4.78, 5) is 11.4. The van der Waals surface area contributed by atoms with Gasteiger partial charge < -0.3 is 11.1 Å². The summed E-state index contributed by atoms with van der Waals surface area (Å²) in [5.41, 5.74) is 5.53. The number of nitrogens with one attached hydrogen (secondary N) is 1. The van der Waals surface area contributed by atoms with Gasteiger partial charge in [-0.2, -0.15) is 0 Å². The molecule has 0 aromatic heterocycles. The number of nitrogens with two attached hydrogens (primary N) is 1. The molecule has 1 amide bonds. The third kappa shape index (κ3) is 3.35. The molecule has 0 saturated heterocycles. The Labute approximate surface area is 80.1 Å². The number of hydrogen-bond acceptors (Lipinski definition) is 2. The Bertz CT molecular complexity index is 178. The van der Waals surface area contributed by atoms with E-state index in [1.165, 1.54) is 0 Å². The first-order valence-corrected chi connectivity index (χ1v) is 5.16. The zero-order valence-electron chi connectivity index (χ0n) is 8.55. The predicted molar refractivity (Wildman–Crippen MR) is 53.2 cm³/mol. The van der Waals surface area contributed by atoms with E-state index < -0.39 is 0 Å². The molecule has 0 aliphatic heterocycles. The van der Waals surface area contributed by atoms with Gasteiger partial charge in [-0.05, 0) is 24.8 Å². The van der Waals surface area contributed by atoms with Gasteiger partial charge in [0.05, 0.1) is 0 Å². The van der Waals surface area contributed by atoms with Crippen LogP contribution >= 0.6 is 0 Å². The van der Waals surface area contributed by atoms with Crippen LogP contribution in [0.3, 0.4) is 0 Å². The van der Waals surface area contributed by atoms with Gasteiger partial charge in [0.2, 0.25) is 5.91 Å². The summed E-state index contributed by atoms with van der Waals surface area (Å²) in [6.07, 6.45) is 2.73. The topological polar surface area (TPSA) is 55.1 Å². The van der Waals surface area contributed by atoms with Crippen LogP contribution in [-0.2, 0) is 4.79 Å². The van der Waals surface area contributed by atoms with E-state index >= 15 is 0 Å². The molecule has 1 saturated carbocycles. The van der Waals surface area contributed by atoms with Crippen LogP contribution < -0.4 is 11.1 Å². The van der Waals surface area contributed by atoms with Crippen molar-refractivity contribution in [3.05, 3.63) is 0 Å².